The van der Waals surface area contributed by atoms with E-state index in [1.165, 1.54) is 36.3 Å². The smallest absolute Gasteiger partial charge is 0.406 e. The molecule has 202 valence electrons. The van der Waals surface area contributed by atoms with Crippen LogP contribution in [0.5, 0.6) is 5.75 Å². The van der Waals surface area contributed by atoms with Gasteiger partial charge in [-0.3, -0.25) is 0 Å². The normalized spacial score (nSPS) is 15.5. The van der Waals surface area contributed by atoms with Crippen LogP contribution in [-0.4, -0.2) is 35.8 Å². The van der Waals surface area contributed by atoms with Gasteiger partial charge >= 0.3 is 6.36 Å². The number of hydrogen-bond donors (Lipinski definition) is 1. The van der Waals surface area contributed by atoms with Gasteiger partial charge in [-0.15, -0.1) is 18.3 Å². The van der Waals surface area contributed by atoms with Crippen molar-refractivity contribution < 1.29 is 22.3 Å². The van der Waals surface area contributed by atoms with Crippen molar-refractivity contribution in [3.63, 3.8) is 0 Å². The lowest BCUT2D eigenvalue weighted by Gasteiger charge is -2.35. The molecule has 2 N–H and O–H groups in total. The number of thioether (sulfide) groups is 1. The summed E-state index contributed by atoms with van der Waals surface area (Å²) in [5.74, 6) is 0.343. The topological polar surface area (TPSA) is 87.9 Å². The van der Waals surface area contributed by atoms with Crippen molar-refractivity contribution in [2.75, 3.05) is 10.8 Å². The molecule has 0 atom stereocenters. The summed E-state index contributed by atoms with van der Waals surface area (Å²) < 4.78 is 55.1. The summed E-state index contributed by atoms with van der Waals surface area (Å²) in [6.07, 6.45) is -1.96. The van der Waals surface area contributed by atoms with Gasteiger partial charge in [-0.2, -0.15) is 5.10 Å². The van der Waals surface area contributed by atoms with E-state index in [0.717, 1.165) is 23.3 Å². The second kappa shape index (κ2) is 12.1. The molecule has 1 heterocycles. The highest BCUT2D eigenvalue weighted by atomic mass is 32.2. The van der Waals surface area contributed by atoms with Gasteiger partial charge < -0.3 is 15.4 Å². The van der Waals surface area contributed by atoms with Crippen LogP contribution in [0.1, 0.15) is 36.5 Å². The van der Waals surface area contributed by atoms with Crippen molar-refractivity contribution in [2.24, 2.45) is 25.9 Å². The maximum atomic E-state index is 14.6. The van der Waals surface area contributed by atoms with Gasteiger partial charge in [-0.05, 0) is 47.4 Å². The Hall–Kier alpha value is -4.19. The number of anilines is 1. The van der Waals surface area contributed by atoms with E-state index >= 15 is 0 Å². The summed E-state index contributed by atoms with van der Waals surface area (Å²) in [5, 5.41) is 9.02. The number of hydrogen-bond acceptors (Lipinski definition) is 5. The monoisotopic (exact) mass is 556 g/mol. The first-order valence-corrected chi connectivity index (χ1v) is 12.7. The fraction of sp³-hybridized carbons (Fsp3) is 0.185. The average molecular weight is 557 g/mol. The molecule has 12 heteroatoms. The predicted octanol–water partition coefficient (Wildman–Crippen LogP) is 6.81. The van der Waals surface area contributed by atoms with Gasteiger partial charge in [0.2, 0.25) is 0 Å². The molecule has 1 saturated heterocycles. The first-order chi connectivity index (χ1) is 18.6. The summed E-state index contributed by atoms with van der Waals surface area (Å²) >= 11 is 1.49. The van der Waals surface area contributed by atoms with Gasteiger partial charge in [-0.1, -0.05) is 62.0 Å². The number of nitrogens with two attached hydrogens (primary N) is 1. The molecule has 1 aliphatic heterocycles. The van der Waals surface area contributed by atoms with Crippen molar-refractivity contribution in [3.8, 4) is 5.75 Å². The Bertz CT molecular complexity index is 1420. The molecular formula is C27H24F4N6OS. The minimum absolute atomic E-state index is 0.167. The number of alkyl halides is 3. The second-order valence-electron chi connectivity index (χ2n) is 8.58. The fourth-order valence-corrected chi connectivity index (χ4v) is 4.26. The largest absolute Gasteiger partial charge is 0.573 e. The summed E-state index contributed by atoms with van der Waals surface area (Å²) in [5.41, 5.74) is 9.25. The fourth-order valence-electron chi connectivity index (χ4n) is 3.56. The lowest BCUT2D eigenvalue weighted by atomic mass is 10.0. The quantitative estimate of drug-likeness (QED) is 0.143. The van der Waals surface area contributed by atoms with Crippen molar-refractivity contribution in [2.45, 2.75) is 26.1 Å². The van der Waals surface area contributed by atoms with Crippen LogP contribution in [-0.2, 0) is 0 Å². The molecule has 0 amide bonds. The number of halogens is 4. The number of nitrogens with zero attached hydrogens (tertiary/aromatic N) is 5. The number of rotatable bonds is 8. The minimum Gasteiger partial charge on any atom is -0.406 e. The standard InChI is InChI=1S/C27H24F4N6OS/c1-17(2)22-4-3-5-23(28)24(22)37-16-39-26(37)36-35-14-18-6-8-19(9-7-18)25(32)34-15-33-20-10-12-21(13-11-20)38-27(29,30)31/h3-15,17H,16H2,1-2H3,(H2,32,33,34)/b35-14+,36-26-. The number of para-hydroxylation sites is 1. The zero-order valence-corrected chi connectivity index (χ0v) is 21.7. The van der Waals surface area contributed by atoms with Crippen LogP contribution in [0, 0.1) is 5.82 Å². The van der Waals surface area contributed by atoms with Gasteiger partial charge in [0.1, 0.15) is 23.7 Å². The number of ether oxygens (including phenoxy) is 1. The molecule has 4 rings (SSSR count). The Kier molecular flexibility index (Phi) is 8.65. The van der Waals surface area contributed by atoms with Gasteiger partial charge in [0.15, 0.2) is 5.17 Å². The molecule has 7 nitrogen and oxygen atoms in total. The summed E-state index contributed by atoms with van der Waals surface area (Å²) in [7, 11) is 0. The minimum atomic E-state index is -4.75. The molecule has 39 heavy (non-hydrogen) atoms. The predicted molar refractivity (Wildman–Crippen MR) is 149 cm³/mol. The van der Waals surface area contributed by atoms with Crippen LogP contribution in [0.4, 0.5) is 28.9 Å². The van der Waals surface area contributed by atoms with Crippen molar-refractivity contribution in [3.05, 3.63) is 89.2 Å². The number of amidine groups is 2. The van der Waals surface area contributed by atoms with Crippen LogP contribution in [0.3, 0.4) is 0 Å². The third-order valence-electron chi connectivity index (χ3n) is 5.49. The second-order valence-corrected chi connectivity index (χ2v) is 9.50. The van der Waals surface area contributed by atoms with Crippen LogP contribution in [0.15, 0.2) is 86.9 Å². The molecule has 0 bridgehead atoms. The number of benzene rings is 3. The Morgan fingerprint density at radius 1 is 1.05 bits per heavy atom. The van der Waals surface area contributed by atoms with Crippen LogP contribution in [0.25, 0.3) is 0 Å². The van der Waals surface area contributed by atoms with Gasteiger partial charge in [-0.25, -0.2) is 14.4 Å². The van der Waals surface area contributed by atoms with Crippen molar-refractivity contribution in [1.29, 1.82) is 0 Å². The third kappa shape index (κ3) is 7.44. The highest BCUT2D eigenvalue weighted by Gasteiger charge is 2.31. The first kappa shape index (κ1) is 27.8. The maximum absolute atomic E-state index is 14.6. The molecule has 0 saturated carbocycles. The van der Waals surface area contributed by atoms with Gasteiger partial charge in [0.25, 0.3) is 0 Å². The summed E-state index contributed by atoms with van der Waals surface area (Å²) in [4.78, 5) is 9.94. The summed E-state index contributed by atoms with van der Waals surface area (Å²) in [6, 6.07) is 17.2. The molecule has 0 aromatic heterocycles. The Balaban J connectivity index is 1.36. The average Bonchev–Trinajstić information content (AvgIpc) is 2.87. The lowest BCUT2D eigenvalue weighted by molar-refractivity contribution is -0.274. The number of aliphatic imine (C=N–C) groups is 2. The van der Waals surface area contributed by atoms with E-state index in [1.807, 2.05) is 24.8 Å². The zero-order valence-electron chi connectivity index (χ0n) is 20.9. The molecule has 3 aromatic carbocycles. The third-order valence-corrected chi connectivity index (χ3v) is 6.44. The molecule has 3 aromatic rings. The molecule has 0 spiro atoms. The van der Waals surface area contributed by atoms with Gasteiger partial charge in [0.05, 0.1) is 23.5 Å². The van der Waals surface area contributed by atoms with E-state index in [0.29, 0.717) is 28.0 Å². The zero-order chi connectivity index (χ0) is 28.0. The van der Waals surface area contributed by atoms with Crippen LogP contribution < -0.4 is 15.4 Å². The highest BCUT2D eigenvalue weighted by molar-refractivity contribution is 8.16. The van der Waals surface area contributed by atoms with E-state index in [-0.39, 0.29) is 23.3 Å². The van der Waals surface area contributed by atoms with E-state index in [9.17, 15) is 17.6 Å². The highest BCUT2D eigenvalue weighted by Crippen LogP contribution is 2.37. The Morgan fingerprint density at radius 3 is 2.38 bits per heavy atom. The molecule has 1 aliphatic rings. The first-order valence-electron chi connectivity index (χ1n) is 11.7. The maximum Gasteiger partial charge on any atom is 0.573 e. The molecular weight excluding hydrogens is 532 g/mol. The van der Waals surface area contributed by atoms with E-state index < -0.39 is 6.36 Å². The Morgan fingerprint density at radius 2 is 1.77 bits per heavy atom. The van der Waals surface area contributed by atoms with Crippen molar-refractivity contribution in [1.82, 2.24) is 0 Å². The lowest BCUT2D eigenvalue weighted by Crippen LogP contribution is -2.39. The van der Waals surface area contributed by atoms with E-state index in [1.54, 1.807) is 36.5 Å². The van der Waals surface area contributed by atoms with E-state index in [4.69, 9.17) is 5.73 Å². The summed E-state index contributed by atoms with van der Waals surface area (Å²) in [6.45, 7) is 4.04. The van der Waals surface area contributed by atoms with Gasteiger partial charge in [0, 0.05) is 5.56 Å². The molecule has 0 radical (unpaired) electrons. The molecule has 1 fully saturated rings. The molecule has 0 unspecified atom stereocenters. The van der Waals surface area contributed by atoms with Crippen LogP contribution in [0.2, 0.25) is 0 Å². The molecule has 0 aliphatic carbocycles. The van der Waals surface area contributed by atoms with E-state index in [2.05, 4.69) is 24.9 Å². The Labute approximate surface area is 226 Å². The van der Waals surface area contributed by atoms with Crippen LogP contribution >= 0.6 is 11.8 Å². The van der Waals surface area contributed by atoms with Crippen molar-refractivity contribution >= 4 is 46.7 Å². The SMILES string of the molecule is CC(C)c1cccc(F)c1N1CS/C1=N\N=C\c1ccc(C(N)=NC=Nc2ccc(OC(F)(F)F)cc2)cc1.